The van der Waals surface area contributed by atoms with E-state index in [4.69, 9.17) is 39.5 Å². The highest BCUT2D eigenvalue weighted by Gasteiger charge is 2.08. The van der Waals surface area contributed by atoms with Gasteiger partial charge in [-0.25, -0.2) is 4.79 Å². The van der Waals surface area contributed by atoms with Crippen molar-refractivity contribution in [3.05, 3.63) is 68.7 Å². The van der Waals surface area contributed by atoms with Crippen LogP contribution in [0.5, 0.6) is 0 Å². The van der Waals surface area contributed by atoms with E-state index in [-0.39, 0.29) is 6.61 Å². The van der Waals surface area contributed by atoms with E-state index in [2.05, 4.69) is 0 Å². The minimum absolute atomic E-state index is 0.127. The number of hydrogen-bond acceptors (Lipinski definition) is 2. The van der Waals surface area contributed by atoms with Crippen LogP contribution in [-0.4, -0.2) is 5.97 Å². The van der Waals surface area contributed by atoms with E-state index in [1.165, 1.54) is 0 Å². The van der Waals surface area contributed by atoms with E-state index in [0.717, 1.165) is 5.56 Å². The van der Waals surface area contributed by atoms with Crippen LogP contribution in [0.25, 0.3) is 0 Å². The fraction of sp³-hybridized carbons (Fsp3) is 0.0714. The molecule has 98 valence electrons. The zero-order valence-corrected chi connectivity index (χ0v) is 12.0. The number of carbonyl (C=O) groups excluding carboxylic acids is 1. The Morgan fingerprint density at radius 3 is 2.47 bits per heavy atom. The van der Waals surface area contributed by atoms with Crippen molar-refractivity contribution in [1.82, 2.24) is 0 Å². The Kier molecular flexibility index (Phi) is 4.70. The maximum Gasteiger partial charge on any atom is 0.338 e. The van der Waals surface area contributed by atoms with Crippen LogP contribution >= 0.6 is 34.8 Å². The van der Waals surface area contributed by atoms with Crippen molar-refractivity contribution in [2.45, 2.75) is 6.61 Å². The Bertz CT molecular complexity index is 611. The highest BCUT2D eigenvalue weighted by molar-refractivity contribution is 6.42. The minimum Gasteiger partial charge on any atom is -0.457 e. The predicted molar refractivity (Wildman–Crippen MR) is 77.0 cm³/mol. The summed E-state index contributed by atoms with van der Waals surface area (Å²) in [5, 5.41) is 1.38. The second-order valence-corrected chi connectivity index (χ2v) is 5.09. The predicted octanol–water partition coefficient (Wildman–Crippen LogP) is 5.00. The number of ether oxygens (including phenoxy) is 1. The van der Waals surface area contributed by atoms with Crippen LogP contribution < -0.4 is 0 Å². The lowest BCUT2D eigenvalue weighted by Gasteiger charge is -2.06. The first-order valence-corrected chi connectivity index (χ1v) is 6.56. The third kappa shape index (κ3) is 3.87. The third-order valence-electron chi connectivity index (χ3n) is 2.41. The molecule has 0 spiro atoms. The number of benzene rings is 2. The fourth-order valence-electron chi connectivity index (χ4n) is 1.48. The lowest BCUT2D eigenvalue weighted by molar-refractivity contribution is 0.0472. The average Bonchev–Trinajstić information content (AvgIpc) is 2.40. The van der Waals surface area contributed by atoms with Crippen molar-refractivity contribution < 1.29 is 9.53 Å². The van der Waals surface area contributed by atoms with Crippen molar-refractivity contribution in [1.29, 1.82) is 0 Å². The molecule has 2 aromatic carbocycles. The topological polar surface area (TPSA) is 26.3 Å². The minimum atomic E-state index is -0.437. The molecular weight excluding hydrogens is 307 g/mol. The largest absolute Gasteiger partial charge is 0.457 e. The molecule has 0 bridgehead atoms. The Morgan fingerprint density at radius 1 is 1.00 bits per heavy atom. The van der Waals surface area contributed by atoms with Crippen LogP contribution in [0.4, 0.5) is 0 Å². The first-order valence-electron chi connectivity index (χ1n) is 5.43. The molecule has 19 heavy (non-hydrogen) atoms. The summed E-state index contributed by atoms with van der Waals surface area (Å²) in [6.07, 6.45) is 0. The molecule has 2 aromatic rings. The second kappa shape index (κ2) is 6.29. The molecule has 0 aliphatic heterocycles. The maximum absolute atomic E-state index is 11.8. The van der Waals surface area contributed by atoms with Gasteiger partial charge >= 0.3 is 5.97 Å². The maximum atomic E-state index is 11.8. The molecule has 2 rings (SSSR count). The molecule has 0 radical (unpaired) electrons. The summed E-state index contributed by atoms with van der Waals surface area (Å²) in [6, 6.07) is 11.7. The van der Waals surface area contributed by atoms with Gasteiger partial charge in [0.05, 0.1) is 15.6 Å². The van der Waals surface area contributed by atoms with Crippen LogP contribution in [-0.2, 0) is 11.3 Å². The molecule has 0 heterocycles. The molecule has 0 aliphatic carbocycles. The van der Waals surface area contributed by atoms with E-state index in [1.54, 1.807) is 42.5 Å². The van der Waals surface area contributed by atoms with Crippen LogP contribution in [0.3, 0.4) is 0 Å². The van der Waals surface area contributed by atoms with E-state index >= 15 is 0 Å². The van der Waals surface area contributed by atoms with Gasteiger partial charge in [-0.15, -0.1) is 0 Å². The number of halogens is 3. The van der Waals surface area contributed by atoms with E-state index < -0.39 is 5.97 Å². The molecular formula is C14H9Cl3O2. The zero-order chi connectivity index (χ0) is 13.8. The average molecular weight is 316 g/mol. The Morgan fingerprint density at radius 2 is 1.79 bits per heavy atom. The van der Waals surface area contributed by atoms with Gasteiger partial charge in [-0.2, -0.15) is 0 Å². The number of rotatable bonds is 3. The van der Waals surface area contributed by atoms with Gasteiger partial charge in [-0.3, -0.25) is 0 Å². The number of carbonyl (C=O) groups is 1. The van der Waals surface area contributed by atoms with E-state index in [9.17, 15) is 4.79 Å². The normalized spacial score (nSPS) is 10.3. The quantitative estimate of drug-likeness (QED) is 0.745. The van der Waals surface area contributed by atoms with Crippen molar-refractivity contribution in [3.8, 4) is 0 Å². The summed E-state index contributed by atoms with van der Waals surface area (Å²) in [4.78, 5) is 11.8. The van der Waals surface area contributed by atoms with E-state index in [1.807, 2.05) is 0 Å². The molecule has 0 amide bonds. The summed E-state index contributed by atoms with van der Waals surface area (Å²) in [6.45, 7) is 0.127. The summed E-state index contributed by atoms with van der Waals surface area (Å²) in [5.41, 5.74) is 1.18. The molecule has 2 nitrogen and oxygen atoms in total. The lowest BCUT2D eigenvalue weighted by atomic mass is 10.2. The standard InChI is InChI=1S/C14H9Cl3O2/c15-11-3-1-2-10(7-11)14(18)19-8-9-4-5-12(16)13(17)6-9/h1-7H,8H2. The van der Waals surface area contributed by atoms with Crippen molar-refractivity contribution in [2.75, 3.05) is 0 Å². The van der Waals surface area contributed by atoms with Gasteiger partial charge < -0.3 is 4.74 Å². The summed E-state index contributed by atoms with van der Waals surface area (Å²) in [5.74, 6) is -0.437. The Hall–Kier alpha value is -1.22. The molecule has 0 N–H and O–H groups in total. The summed E-state index contributed by atoms with van der Waals surface area (Å²) >= 11 is 17.5. The summed E-state index contributed by atoms with van der Waals surface area (Å²) in [7, 11) is 0. The van der Waals surface area contributed by atoms with Gasteiger partial charge in [0.2, 0.25) is 0 Å². The molecule has 0 fully saturated rings. The Labute approximate surface area is 125 Å². The smallest absolute Gasteiger partial charge is 0.338 e. The monoisotopic (exact) mass is 314 g/mol. The van der Waals surface area contributed by atoms with Gasteiger partial charge in [0.1, 0.15) is 6.61 Å². The fourth-order valence-corrected chi connectivity index (χ4v) is 1.99. The first-order chi connectivity index (χ1) is 9.06. The number of hydrogen-bond donors (Lipinski definition) is 0. The van der Waals surface area contributed by atoms with Crippen LogP contribution in [0, 0.1) is 0 Å². The van der Waals surface area contributed by atoms with Crippen LogP contribution in [0.2, 0.25) is 15.1 Å². The molecule has 0 aliphatic rings. The molecule has 0 saturated heterocycles. The van der Waals surface area contributed by atoms with Crippen molar-refractivity contribution in [3.63, 3.8) is 0 Å². The van der Waals surface area contributed by atoms with Crippen molar-refractivity contribution in [2.24, 2.45) is 0 Å². The second-order valence-electron chi connectivity index (χ2n) is 3.83. The highest BCUT2D eigenvalue weighted by atomic mass is 35.5. The first kappa shape index (κ1) is 14.2. The van der Waals surface area contributed by atoms with Crippen LogP contribution in [0.1, 0.15) is 15.9 Å². The van der Waals surface area contributed by atoms with E-state index in [0.29, 0.717) is 20.6 Å². The van der Waals surface area contributed by atoms with Gasteiger partial charge in [-0.1, -0.05) is 46.9 Å². The molecule has 0 atom stereocenters. The molecule has 5 heteroatoms. The molecule has 0 aromatic heterocycles. The zero-order valence-electron chi connectivity index (χ0n) is 9.70. The summed E-state index contributed by atoms with van der Waals surface area (Å²) < 4.78 is 5.16. The molecule has 0 unspecified atom stereocenters. The lowest BCUT2D eigenvalue weighted by Crippen LogP contribution is -2.05. The van der Waals surface area contributed by atoms with Gasteiger partial charge in [0, 0.05) is 5.02 Å². The highest BCUT2D eigenvalue weighted by Crippen LogP contribution is 2.23. The molecule has 0 saturated carbocycles. The van der Waals surface area contributed by atoms with Crippen molar-refractivity contribution >= 4 is 40.8 Å². The van der Waals surface area contributed by atoms with Gasteiger partial charge in [-0.05, 0) is 35.9 Å². The third-order valence-corrected chi connectivity index (χ3v) is 3.39. The van der Waals surface area contributed by atoms with Crippen LogP contribution in [0.15, 0.2) is 42.5 Å². The van der Waals surface area contributed by atoms with Gasteiger partial charge in [0.15, 0.2) is 0 Å². The SMILES string of the molecule is O=C(OCc1ccc(Cl)c(Cl)c1)c1cccc(Cl)c1. The Balaban J connectivity index is 2.02. The van der Waals surface area contributed by atoms with Gasteiger partial charge in [0.25, 0.3) is 0 Å². The number of esters is 1.